The largest absolute Gasteiger partial charge is 0.385 e. The molecule has 0 saturated carbocycles. The molecular formula is C13H27ClN2O3. The van der Waals surface area contributed by atoms with E-state index < -0.39 is 0 Å². The van der Waals surface area contributed by atoms with Gasteiger partial charge in [-0.15, -0.1) is 12.4 Å². The Morgan fingerprint density at radius 1 is 1.26 bits per heavy atom. The van der Waals surface area contributed by atoms with E-state index in [1.54, 1.807) is 14.2 Å². The molecule has 1 amide bonds. The van der Waals surface area contributed by atoms with Crippen LogP contribution in [0.4, 0.5) is 0 Å². The SMILES string of the molecule is COCCCN(C)C(=O)C1(COC)CCNCC1.Cl. The Morgan fingerprint density at radius 3 is 2.42 bits per heavy atom. The van der Waals surface area contributed by atoms with Gasteiger partial charge in [0, 0.05) is 34.4 Å². The number of carbonyl (C=O) groups is 1. The van der Waals surface area contributed by atoms with Gasteiger partial charge in [-0.25, -0.2) is 0 Å². The number of carbonyl (C=O) groups excluding carboxylic acids is 1. The molecule has 5 nitrogen and oxygen atoms in total. The Balaban J connectivity index is 0.00000324. The summed E-state index contributed by atoms with van der Waals surface area (Å²) in [5.41, 5.74) is -0.332. The van der Waals surface area contributed by atoms with Crippen molar-refractivity contribution >= 4 is 18.3 Å². The van der Waals surface area contributed by atoms with Crippen LogP contribution in [0, 0.1) is 5.41 Å². The van der Waals surface area contributed by atoms with Gasteiger partial charge in [-0.1, -0.05) is 0 Å². The van der Waals surface area contributed by atoms with Gasteiger partial charge in [-0.2, -0.15) is 0 Å². The monoisotopic (exact) mass is 294 g/mol. The minimum Gasteiger partial charge on any atom is -0.385 e. The minimum atomic E-state index is -0.332. The molecular weight excluding hydrogens is 268 g/mol. The lowest BCUT2D eigenvalue weighted by molar-refractivity contribution is -0.146. The highest BCUT2D eigenvalue weighted by Gasteiger charge is 2.41. The van der Waals surface area contributed by atoms with Crippen LogP contribution in [0.25, 0.3) is 0 Å². The number of piperidine rings is 1. The van der Waals surface area contributed by atoms with Crippen molar-refractivity contribution in [2.45, 2.75) is 19.3 Å². The van der Waals surface area contributed by atoms with E-state index in [0.717, 1.165) is 38.9 Å². The highest BCUT2D eigenvalue weighted by Crippen LogP contribution is 2.31. The first-order valence-electron chi connectivity index (χ1n) is 6.60. The minimum absolute atomic E-state index is 0. The molecule has 0 spiro atoms. The van der Waals surface area contributed by atoms with Crippen molar-refractivity contribution in [2.75, 3.05) is 54.1 Å². The van der Waals surface area contributed by atoms with Crippen LogP contribution < -0.4 is 5.32 Å². The van der Waals surface area contributed by atoms with E-state index in [2.05, 4.69) is 5.32 Å². The van der Waals surface area contributed by atoms with E-state index in [9.17, 15) is 4.79 Å². The normalized spacial score (nSPS) is 17.6. The predicted molar refractivity (Wildman–Crippen MR) is 77.8 cm³/mol. The third-order valence-corrected chi connectivity index (χ3v) is 3.62. The summed E-state index contributed by atoms with van der Waals surface area (Å²) in [5, 5.41) is 3.30. The first-order valence-corrected chi connectivity index (χ1v) is 6.60. The zero-order valence-electron chi connectivity index (χ0n) is 12.2. The smallest absolute Gasteiger partial charge is 0.230 e. The number of hydrogen-bond acceptors (Lipinski definition) is 4. The number of methoxy groups -OCH3 is 2. The van der Waals surface area contributed by atoms with Crippen LogP contribution in [-0.2, 0) is 14.3 Å². The summed E-state index contributed by atoms with van der Waals surface area (Å²) >= 11 is 0. The standard InChI is InChI=1S/C13H26N2O3.ClH/c1-15(9-4-10-17-2)12(16)13(11-18-3)5-7-14-8-6-13;/h14H,4-11H2,1-3H3;1H. The van der Waals surface area contributed by atoms with Crippen molar-refractivity contribution in [3.8, 4) is 0 Å². The summed E-state index contributed by atoms with van der Waals surface area (Å²) in [7, 11) is 5.22. The summed E-state index contributed by atoms with van der Waals surface area (Å²) in [5.74, 6) is 0.210. The average molecular weight is 295 g/mol. The third-order valence-electron chi connectivity index (χ3n) is 3.62. The topological polar surface area (TPSA) is 50.8 Å². The average Bonchev–Trinajstić information content (AvgIpc) is 2.39. The second-order valence-corrected chi connectivity index (χ2v) is 5.04. The van der Waals surface area contributed by atoms with E-state index in [0.29, 0.717) is 13.2 Å². The highest BCUT2D eigenvalue weighted by molar-refractivity contribution is 5.85. The molecule has 1 heterocycles. The van der Waals surface area contributed by atoms with Gasteiger partial charge >= 0.3 is 0 Å². The van der Waals surface area contributed by atoms with Crippen molar-refractivity contribution in [2.24, 2.45) is 5.41 Å². The summed E-state index contributed by atoms with van der Waals surface area (Å²) in [6, 6.07) is 0. The molecule has 1 saturated heterocycles. The van der Waals surface area contributed by atoms with Gasteiger partial charge in [0.1, 0.15) is 0 Å². The zero-order chi connectivity index (χ0) is 13.4. The number of rotatable bonds is 7. The van der Waals surface area contributed by atoms with Crippen molar-refractivity contribution in [3.05, 3.63) is 0 Å². The van der Waals surface area contributed by atoms with Crippen LogP contribution in [0.2, 0.25) is 0 Å². The molecule has 0 aliphatic carbocycles. The van der Waals surface area contributed by atoms with Gasteiger partial charge in [0.15, 0.2) is 0 Å². The summed E-state index contributed by atoms with van der Waals surface area (Å²) < 4.78 is 10.3. The molecule has 1 fully saturated rings. The second-order valence-electron chi connectivity index (χ2n) is 5.04. The first kappa shape index (κ1) is 18.6. The molecule has 0 aromatic rings. The van der Waals surface area contributed by atoms with Crippen LogP contribution >= 0.6 is 12.4 Å². The molecule has 0 aromatic heterocycles. The van der Waals surface area contributed by atoms with Crippen LogP contribution in [0.1, 0.15) is 19.3 Å². The van der Waals surface area contributed by atoms with Crippen LogP contribution in [-0.4, -0.2) is 64.9 Å². The zero-order valence-corrected chi connectivity index (χ0v) is 13.1. The molecule has 114 valence electrons. The van der Waals surface area contributed by atoms with Gasteiger partial charge in [0.2, 0.25) is 5.91 Å². The molecule has 0 atom stereocenters. The Labute approximate surface area is 122 Å². The van der Waals surface area contributed by atoms with Gasteiger partial charge in [0.05, 0.1) is 12.0 Å². The number of ether oxygens (including phenoxy) is 2. The number of nitrogens with one attached hydrogen (secondary N) is 1. The Morgan fingerprint density at radius 2 is 1.89 bits per heavy atom. The molecule has 1 N–H and O–H groups in total. The number of amides is 1. The van der Waals surface area contributed by atoms with E-state index in [1.807, 2.05) is 11.9 Å². The van der Waals surface area contributed by atoms with Gasteiger partial charge < -0.3 is 19.7 Å². The molecule has 6 heteroatoms. The summed E-state index contributed by atoms with van der Waals surface area (Å²) in [4.78, 5) is 14.4. The fraction of sp³-hybridized carbons (Fsp3) is 0.923. The summed E-state index contributed by atoms with van der Waals surface area (Å²) in [6.07, 6.45) is 2.59. The van der Waals surface area contributed by atoms with Crippen LogP contribution in [0.5, 0.6) is 0 Å². The molecule has 1 rings (SSSR count). The molecule has 0 radical (unpaired) electrons. The third kappa shape index (κ3) is 5.26. The van der Waals surface area contributed by atoms with Crippen molar-refractivity contribution < 1.29 is 14.3 Å². The van der Waals surface area contributed by atoms with Crippen LogP contribution in [0.15, 0.2) is 0 Å². The Bertz CT molecular complexity index is 253. The molecule has 0 aromatic carbocycles. The van der Waals surface area contributed by atoms with Crippen molar-refractivity contribution in [1.82, 2.24) is 10.2 Å². The Kier molecular flexibility index (Phi) is 9.35. The lowest BCUT2D eigenvalue weighted by Crippen LogP contribution is -2.50. The second kappa shape index (κ2) is 9.53. The van der Waals surface area contributed by atoms with Crippen LogP contribution in [0.3, 0.4) is 0 Å². The lowest BCUT2D eigenvalue weighted by Gasteiger charge is -2.38. The predicted octanol–water partition coefficient (Wildman–Crippen LogP) is 0.919. The van der Waals surface area contributed by atoms with E-state index >= 15 is 0 Å². The first-order chi connectivity index (χ1) is 8.66. The van der Waals surface area contributed by atoms with E-state index in [-0.39, 0.29) is 23.7 Å². The quantitative estimate of drug-likeness (QED) is 0.710. The highest BCUT2D eigenvalue weighted by atomic mass is 35.5. The maximum Gasteiger partial charge on any atom is 0.230 e. The summed E-state index contributed by atoms with van der Waals surface area (Å²) in [6.45, 7) is 3.73. The molecule has 19 heavy (non-hydrogen) atoms. The molecule has 1 aliphatic heterocycles. The number of nitrogens with zero attached hydrogens (tertiary/aromatic N) is 1. The molecule has 1 aliphatic rings. The van der Waals surface area contributed by atoms with E-state index in [1.165, 1.54) is 0 Å². The van der Waals surface area contributed by atoms with Gasteiger partial charge in [0.25, 0.3) is 0 Å². The maximum atomic E-state index is 12.6. The molecule has 0 bridgehead atoms. The fourth-order valence-electron chi connectivity index (χ4n) is 2.55. The Hall–Kier alpha value is -0.360. The van der Waals surface area contributed by atoms with Gasteiger partial charge in [-0.3, -0.25) is 4.79 Å². The lowest BCUT2D eigenvalue weighted by atomic mass is 9.78. The van der Waals surface area contributed by atoms with Crippen molar-refractivity contribution in [3.63, 3.8) is 0 Å². The number of halogens is 1. The molecule has 0 unspecified atom stereocenters. The number of hydrogen-bond donors (Lipinski definition) is 1. The van der Waals surface area contributed by atoms with Crippen molar-refractivity contribution in [1.29, 1.82) is 0 Å². The fourth-order valence-corrected chi connectivity index (χ4v) is 2.55. The van der Waals surface area contributed by atoms with E-state index in [4.69, 9.17) is 9.47 Å². The van der Waals surface area contributed by atoms with Gasteiger partial charge in [-0.05, 0) is 32.4 Å². The maximum absolute atomic E-state index is 12.6.